The Balaban J connectivity index is 4.37. The van der Waals surface area contributed by atoms with E-state index in [-0.39, 0.29) is 42.7 Å². The standard InChI is InChI=1S/C45H79NO7/c1-6-8-10-12-14-16-18-19-20-21-22-23-24-25-26-28-30-32-34-36-44(48)53-41(39-51-38-37-42(45(49)50)46(3,4)5)40-52-43(47)35-33-31-29-27-17-15-13-11-9-7-2/h11,13-14,16,19-20,22-23,41-42H,6-10,12,15,17-18,21,24-40H2,1-5H3/b13-11-,16-14-,20-19-,23-22-. The molecule has 8 heteroatoms. The molecular weight excluding hydrogens is 666 g/mol. The molecule has 0 amide bonds. The summed E-state index contributed by atoms with van der Waals surface area (Å²) in [5.41, 5.74) is 0. The summed E-state index contributed by atoms with van der Waals surface area (Å²) in [6.45, 7) is 4.54. The molecule has 0 heterocycles. The molecule has 0 rings (SSSR count). The molecule has 0 aliphatic carbocycles. The number of hydrogen-bond acceptors (Lipinski definition) is 7. The largest absolute Gasteiger partial charge is 0.544 e. The van der Waals surface area contributed by atoms with E-state index in [1.807, 2.05) is 0 Å². The van der Waals surface area contributed by atoms with Gasteiger partial charge in [-0.3, -0.25) is 9.59 Å². The average Bonchev–Trinajstić information content (AvgIpc) is 3.11. The van der Waals surface area contributed by atoms with Gasteiger partial charge in [0.15, 0.2) is 6.10 Å². The molecule has 306 valence electrons. The van der Waals surface area contributed by atoms with Crippen LogP contribution in [0.4, 0.5) is 0 Å². The van der Waals surface area contributed by atoms with Crippen LogP contribution in [0.15, 0.2) is 48.6 Å². The van der Waals surface area contributed by atoms with E-state index in [4.69, 9.17) is 14.2 Å². The zero-order chi connectivity index (χ0) is 39.3. The molecule has 0 aromatic carbocycles. The van der Waals surface area contributed by atoms with E-state index in [2.05, 4.69) is 62.5 Å². The van der Waals surface area contributed by atoms with Crippen molar-refractivity contribution in [1.29, 1.82) is 0 Å². The van der Waals surface area contributed by atoms with Gasteiger partial charge in [-0.15, -0.1) is 0 Å². The van der Waals surface area contributed by atoms with E-state index in [0.717, 1.165) is 83.5 Å². The van der Waals surface area contributed by atoms with E-state index in [1.54, 1.807) is 21.1 Å². The maximum atomic E-state index is 12.7. The maximum Gasteiger partial charge on any atom is 0.306 e. The van der Waals surface area contributed by atoms with Crippen LogP contribution in [0, 0.1) is 0 Å². The third-order valence-corrected chi connectivity index (χ3v) is 9.17. The van der Waals surface area contributed by atoms with Crippen molar-refractivity contribution >= 4 is 17.9 Å². The van der Waals surface area contributed by atoms with Gasteiger partial charge in [-0.25, -0.2) is 0 Å². The molecule has 0 aliphatic rings. The summed E-state index contributed by atoms with van der Waals surface area (Å²) in [4.78, 5) is 36.7. The van der Waals surface area contributed by atoms with E-state index < -0.39 is 18.1 Å². The Morgan fingerprint density at radius 3 is 1.57 bits per heavy atom. The molecule has 0 aliphatic heterocycles. The number of ether oxygens (including phenoxy) is 3. The first kappa shape index (κ1) is 50.3. The van der Waals surface area contributed by atoms with Crippen molar-refractivity contribution in [2.75, 3.05) is 41.0 Å². The van der Waals surface area contributed by atoms with Crippen LogP contribution in [-0.2, 0) is 28.6 Å². The van der Waals surface area contributed by atoms with Crippen LogP contribution in [0.1, 0.15) is 168 Å². The Hall–Kier alpha value is -2.71. The second-order valence-electron chi connectivity index (χ2n) is 15.2. The van der Waals surface area contributed by atoms with Crippen LogP contribution in [0.5, 0.6) is 0 Å². The Bertz CT molecular complexity index is 1010. The van der Waals surface area contributed by atoms with E-state index >= 15 is 0 Å². The van der Waals surface area contributed by atoms with Crippen molar-refractivity contribution < 1.29 is 38.2 Å². The van der Waals surface area contributed by atoms with Crippen LogP contribution in [0.25, 0.3) is 0 Å². The first-order valence-electron chi connectivity index (χ1n) is 21.2. The quantitative estimate of drug-likeness (QED) is 0.0270. The van der Waals surface area contributed by atoms with E-state index in [0.29, 0.717) is 12.8 Å². The van der Waals surface area contributed by atoms with Gasteiger partial charge < -0.3 is 28.6 Å². The molecule has 0 radical (unpaired) electrons. The minimum atomic E-state index is -1.13. The van der Waals surface area contributed by atoms with Crippen molar-refractivity contribution in [2.24, 2.45) is 0 Å². The predicted octanol–water partition coefficient (Wildman–Crippen LogP) is 9.91. The monoisotopic (exact) mass is 746 g/mol. The minimum absolute atomic E-state index is 0.0317. The van der Waals surface area contributed by atoms with Gasteiger partial charge in [0.1, 0.15) is 12.6 Å². The van der Waals surface area contributed by atoms with Gasteiger partial charge in [-0.1, -0.05) is 127 Å². The second kappa shape index (κ2) is 36.3. The summed E-state index contributed by atoms with van der Waals surface area (Å²) in [7, 11) is 5.39. The summed E-state index contributed by atoms with van der Waals surface area (Å²) < 4.78 is 17.1. The lowest BCUT2D eigenvalue weighted by atomic mass is 10.1. The van der Waals surface area contributed by atoms with Gasteiger partial charge in [-0.05, 0) is 70.6 Å². The molecule has 0 aromatic rings. The highest BCUT2D eigenvalue weighted by Gasteiger charge is 2.25. The van der Waals surface area contributed by atoms with Crippen molar-refractivity contribution in [3.63, 3.8) is 0 Å². The number of carboxylic acids is 1. The van der Waals surface area contributed by atoms with Crippen LogP contribution >= 0.6 is 0 Å². The van der Waals surface area contributed by atoms with Gasteiger partial charge in [0.05, 0.1) is 40.3 Å². The average molecular weight is 746 g/mol. The number of carboxylic acid groups (broad SMARTS) is 1. The topological polar surface area (TPSA) is 102 Å². The molecule has 0 spiro atoms. The number of hydrogen-bond donors (Lipinski definition) is 0. The molecule has 0 saturated carbocycles. The lowest BCUT2D eigenvalue weighted by Gasteiger charge is -2.34. The Morgan fingerprint density at radius 2 is 1.04 bits per heavy atom. The molecule has 53 heavy (non-hydrogen) atoms. The van der Waals surface area contributed by atoms with E-state index in [1.165, 1.54) is 51.4 Å². The Morgan fingerprint density at radius 1 is 0.566 bits per heavy atom. The molecule has 0 N–H and O–H groups in total. The Kier molecular flexibility index (Phi) is 34.4. The highest BCUT2D eigenvalue weighted by molar-refractivity contribution is 5.70. The fourth-order valence-corrected chi connectivity index (χ4v) is 5.84. The molecule has 2 atom stereocenters. The molecule has 8 nitrogen and oxygen atoms in total. The van der Waals surface area contributed by atoms with Crippen molar-refractivity contribution in [3.05, 3.63) is 48.6 Å². The fourth-order valence-electron chi connectivity index (χ4n) is 5.84. The third-order valence-electron chi connectivity index (χ3n) is 9.17. The number of nitrogens with zero attached hydrogens (tertiary/aromatic N) is 1. The number of carbonyl (C=O) groups is 3. The van der Waals surface area contributed by atoms with Gasteiger partial charge in [-0.2, -0.15) is 0 Å². The smallest absolute Gasteiger partial charge is 0.306 e. The van der Waals surface area contributed by atoms with Crippen LogP contribution in [-0.4, -0.2) is 75.5 Å². The van der Waals surface area contributed by atoms with Crippen LogP contribution in [0.3, 0.4) is 0 Å². The second-order valence-corrected chi connectivity index (χ2v) is 15.2. The first-order chi connectivity index (χ1) is 25.6. The summed E-state index contributed by atoms with van der Waals surface area (Å²) in [5.74, 6) is -1.77. The summed E-state index contributed by atoms with van der Waals surface area (Å²) >= 11 is 0. The van der Waals surface area contributed by atoms with Gasteiger partial charge in [0.25, 0.3) is 0 Å². The minimum Gasteiger partial charge on any atom is -0.544 e. The van der Waals surface area contributed by atoms with Gasteiger partial charge >= 0.3 is 11.9 Å². The van der Waals surface area contributed by atoms with E-state index in [9.17, 15) is 19.5 Å². The summed E-state index contributed by atoms with van der Waals surface area (Å²) in [5, 5.41) is 11.6. The van der Waals surface area contributed by atoms with Crippen molar-refractivity contribution in [1.82, 2.24) is 0 Å². The molecular formula is C45H79NO7. The van der Waals surface area contributed by atoms with Gasteiger partial charge in [0.2, 0.25) is 0 Å². The molecule has 0 aromatic heterocycles. The fraction of sp³-hybridized carbons (Fsp3) is 0.756. The lowest BCUT2D eigenvalue weighted by molar-refractivity contribution is -0.889. The normalized spacial score (nSPS) is 13.5. The van der Waals surface area contributed by atoms with Gasteiger partial charge in [0, 0.05) is 19.3 Å². The first-order valence-corrected chi connectivity index (χ1v) is 21.2. The van der Waals surface area contributed by atoms with Crippen molar-refractivity contribution in [3.8, 4) is 0 Å². The number of unbranched alkanes of at least 4 members (excludes halogenated alkanes) is 15. The van der Waals surface area contributed by atoms with Crippen LogP contribution in [0.2, 0.25) is 0 Å². The highest BCUT2D eigenvalue weighted by Crippen LogP contribution is 2.13. The molecule has 2 unspecified atom stereocenters. The zero-order valence-corrected chi connectivity index (χ0v) is 34.7. The Labute approximate surface area is 325 Å². The number of aliphatic carboxylic acids is 1. The molecule has 0 bridgehead atoms. The number of esters is 2. The van der Waals surface area contributed by atoms with Crippen LogP contribution < -0.4 is 5.11 Å². The number of quaternary nitrogens is 1. The SMILES string of the molecule is CCC/C=C\CCCCCCCC(=O)OCC(COCCC(C(=O)[O-])[N+](C)(C)C)OC(=O)CCCCCCCC/C=C\C/C=C\C/C=C\CCCCC. The zero-order valence-electron chi connectivity index (χ0n) is 34.7. The third kappa shape index (κ3) is 34.8. The number of likely N-dealkylation sites (N-methyl/N-ethyl adjacent to an activating group) is 1. The lowest BCUT2D eigenvalue weighted by Crippen LogP contribution is -2.55. The molecule has 0 saturated heterocycles. The van der Waals surface area contributed by atoms with Crippen molar-refractivity contribution in [2.45, 2.75) is 180 Å². The maximum absolute atomic E-state index is 12.7. The number of rotatable bonds is 37. The number of carbonyl (C=O) groups excluding carboxylic acids is 3. The highest BCUT2D eigenvalue weighted by atomic mass is 16.6. The predicted molar refractivity (Wildman–Crippen MR) is 217 cm³/mol. The number of allylic oxidation sites excluding steroid dienone is 8. The molecule has 0 fully saturated rings. The summed E-state index contributed by atoms with van der Waals surface area (Å²) in [6.07, 6.45) is 41.3. The summed E-state index contributed by atoms with van der Waals surface area (Å²) in [6, 6.07) is -0.729.